The minimum atomic E-state index is 0.239. The molecule has 2 atom stereocenters. The lowest BCUT2D eigenvalue weighted by Gasteiger charge is -2.28. The van der Waals surface area contributed by atoms with E-state index in [1.807, 2.05) is 0 Å². The number of aryl methyl sites for hydroxylation is 1. The molecular weight excluding hydrogens is 210 g/mol. The third kappa shape index (κ3) is 3.83. The average molecular weight is 235 g/mol. The van der Waals surface area contributed by atoms with Gasteiger partial charge in [-0.1, -0.05) is 38.1 Å². The van der Waals surface area contributed by atoms with Gasteiger partial charge in [-0.3, -0.25) is 0 Å². The van der Waals surface area contributed by atoms with Crippen molar-refractivity contribution in [3.63, 3.8) is 0 Å². The van der Waals surface area contributed by atoms with Crippen molar-refractivity contribution in [3.8, 4) is 0 Å². The Morgan fingerprint density at radius 1 is 1.24 bits per heavy atom. The van der Waals surface area contributed by atoms with Crippen LogP contribution in [0.4, 0.5) is 0 Å². The fraction of sp³-hybridized carbons (Fsp3) is 0.600. The van der Waals surface area contributed by atoms with E-state index in [-0.39, 0.29) is 6.10 Å². The SMILES string of the molecule is CCCNC(c1ccccc1C)C(CC)OC. The van der Waals surface area contributed by atoms with Crippen molar-refractivity contribution in [2.24, 2.45) is 0 Å². The monoisotopic (exact) mass is 235 g/mol. The molecule has 1 aromatic rings. The highest BCUT2D eigenvalue weighted by atomic mass is 16.5. The molecule has 0 saturated heterocycles. The van der Waals surface area contributed by atoms with Crippen LogP contribution in [0.15, 0.2) is 24.3 Å². The van der Waals surface area contributed by atoms with E-state index < -0.39 is 0 Å². The molecule has 0 aliphatic rings. The van der Waals surface area contributed by atoms with Crippen LogP contribution < -0.4 is 5.32 Å². The van der Waals surface area contributed by atoms with Crippen molar-refractivity contribution in [3.05, 3.63) is 35.4 Å². The summed E-state index contributed by atoms with van der Waals surface area (Å²) < 4.78 is 5.61. The Hall–Kier alpha value is -0.860. The second-order valence-electron chi connectivity index (χ2n) is 4.47. The predicted octanol–water partition coefficient (Wildman–Crippen LogP) is 3.46. The summed E-state index contributed by atoms with van der Waals surface area (Å²) in [5.41, 5.74) is 2.69. The molecule has 0 aliphatic carbocycles. The Morgan fingerprint density at radius 2 is 1.94 bits per heavy atom. The van der Waals surface area contributed by atoms with Gasteiger partial charge in [-0.25, -0.2) is 0 Å². The zero-order chi connectivity index (χ0) is 12.7. The first kappa shape index (κ1) is 14.2. The maximum absolute atomic E-state index is 5.61. The van der Waals surface area contributed by atoms with Crippen molar-refractivity contribution < 1.29 is 4.74 Å². The maximum atomic E-state index is 5.61. The molecule has 0 fully saturated rings. The van der Waals surface area contributed by atoms with E-state index in [1.165, 1.54) is 11.1 Å². The minimum absolute atomic E-state index is 0.239. The number of ether oxygens (including phenoxy) is 1. The van der Waals surface area contributed by atoms with Crippen molar-refractivity contribution in [1.29, 1.82) is 0 Å². The van der Waals surface area contributed by atoms with Crippen LogP contribution in [0, 0.1) is 6.92 Å². The van der Waals surface area contributed by atoms with E-state index in [4.69, 9.17) is 4.74 Å². The second kappa shape index (κ2) is 7.46. The number of nitrogens with one attached hydrogen (secondary N) is 1. The molecule has 2 heteroatoms. The quantitative estimate of drug-likeness (QED) is 0.781. The van der Waals surface area contributed by atoms with Gasteiger partial charge in [0.2, 0.25) is 0 Å². The second-order valence-corrected chi connectivity index (χ2v) is 4.47. The molecule has 0 aromatic heterocycles. The zero-order valence-electron chi connectivity index (χ0n) is 11.5. The average Bonchev–Trinajstić information content (AvgIpc) is 2.36. The molecule has 0 heterocycles. The molecule has 17 heavy (non-hydrogen) atoms. The standard InChI is InChI=1S/C15H25NO/c1-5-11-16-15(14(6-2)17-4)13-10-8-7-9-12(13)3/h7-10,14-16H,5-6,11H2,1-4H3. The lowest BCUT2D eigenvalue weighted by Crippen LogP contribution is -2.34. The van der Waals surface area contributed by atoms with Gasteiger partial charge in [0, 0.05) is 7.11 Å². The summed E-state index contributed by atoms with van der Waals surface area (Å²) in [6.45, 7) is 7.56. The largest absolute Gasteiger partial charge is 0.379 e. The van der Waals surface area contributed by atoms with Gasteiger partial charge in [-0.15, -0.1) is 0 Å². The third-order valence-electron chi connectivity index (χ3n) is 3.21. The molecule has 1 rings (SSSR count). The Kier molecular flexibility index (Phi) is 6.23. The van der Waals surface area contributed by atoms with Crippen LogP contribution >= 0.6 is 0 Å². The molecule has 0 radical (unpaired) electrons. The fourth-order valence-electron chi connectivity index (χ4n) is 2.22. The van der Waals surface area contributed by atoms with Crippen molar-refractivity contribution in [2.75, 3.05) is 13.7 Å². The molecule has 0 bridgehead atoms. The molecular formula is C15H25NO. The minimum Gasteiger partial charge on any atom is -0.379 e. The Morgan fingerprint density at radius 3 is 2.47 bits per heavy atom. The van der Waals surface area contributed by atoms with Gasteiger partial charge in [0.1, 0.15) is 0 Å². The molecule has 2 unspecified atom stereocenters. The van der Waals surface area contributed by atoms with Crippen LogP contribution in [0.25, 0.3) is 0 Å². The van der Waals surface area contributed by atoms with Gasteiger partial charge in [-0.2, -0.15) is 0 Å². The first-order valence-corrected chi connectivity index (χ1v) is 6.56. The summed E-state index contributed by atoms with van der Waals surface area (Å²) in [5, 5.41) is 3.60. The van der Waals surface area contributed by atoms with Crippen LogP contribution in [0.3, 0.4) is 0 Å². The van der Waals surface area contributed by atoms with Gasteiger partial charge in [0.05, 0.1) is 12.1 Å². The molecule has 0 aliphatic heterocycles. The lowest BCUT2D eigenvalue weighted by atomic mass is 9.95. The molecule has 0 amide bonds. The van der Waals surface area contributed by atoms with Crippen molar-refractivity contribution >= 4 is 0 Å². The zero-order valence-corrected chi connectivity index (χ0v) is 11.5. The smallest absolute Gasteiger partial charge is 0.0763 e. The molecule has 0 spiro atoms. The highest BCUT2D eigenvalue weighted by Crippen LogP contribution is 2.24. The Labute approximate surface area is 105 Å². The summed E-state index contributed by atoms with van der Waals surface area (Å²) in [5.74, 6) is 0. The third-order valence-corrected chi connectivity index (χ3v) is 3.21. The van der Waals surface area contributed by atoms with E-state index in [0.717, 1.165) is 19.4 Å². The van der Waals surface area contributed by atoms with Crippen LogP contribution in [0.5, 0.6) is 0 Å². The number of rotatable bonds is 7. The number of methoxy groups -OCH3 is 1. The molecule has 96 valence electrons. The van der Waals surface area contributed by atoms with E-state index in [1.54, 1.807) is 7.11 Å². The summed E-state index contributed by atoms with van der Waals surface area (Å²) in [4.78, 5) is 0. The normalized spacial score (nSPS) is 14.6. The first-order chi connectivity index (χ1) is 8.24. The summed E-state index contributed by atoms with van der Waals surface area (Å²) in [6.07, 6.45) is 2.40. The van der Waals surface area contributed by atoms with Crippen molar-refractivity contribution in [1.82, 2.24) is 5.32 Å². The summed E-state index contributed by atoms with van der Waals surface area (Å²) in [7, 11) is 1.80. The molecule has 1 aromatic carbocycles. The first-order valence-electron chi connectivity index (χ1n) is 6.56. The van der Waals surface area contributed by atoms with Gasteiger partial charge in [0.15, 0.2) is 0 Å². The van der Waals surface area contributed by atoms with Gasteiger partial charge < -0.3 is 10.1 Å². The van der Waals surface area contributed by atoms with E-state index in [2.05, 4.69) is 50.4 Å². The molecule has 0 saturated carbocycles. The highest BCUT2D eigenvalue weighted by Gasteiger charge is 2.21. The highest BCUT2D eigenvalue weighted by molar-refractivity contribution is 5.29. The predicted molar refractivity (Wildman–Crippen MR) is 73.3 cm³/mol. The lowest BCUT2D eigenvalue weighted by molar-refractivity contribution is 0.0649. The number of hydrogen-bond donors (Lipinski definition) is 1. The number of benzene rings is 1. The van der Waals surface area contributed by atoms with Crippen molar-refractivity contribution in [2.45, 2.75) is 45.8 Å². The summed E-state index contributed by atoms with van der Waals surface area (Å²) >= 11 is 0. The maximum Gasteiger partial charge on any atom is 0.0763 e. The molecule has 1 N–H and O–H groups in total. The van der Waals surface area contributed by atoms with Gasteiger partial charge >= 0.3 is 0 Å². The van der Waals surface area contributed by atoms with Gasteiger partial charge in [0.25, 0.3) is 0 Å². The summed E-state index contributed by atoms with van der Waals surface area (Å²) in [6, 6.07) is 8.85. The van der Waals surface area contributed by atoms with Crippen LogP contribution in [0.1, 0.15) is 43.9 Å². The van der Waals surface area contributed by atoms with Crippen LogP contribution in [-0.4, -0.2) is 19.8 Å². The van der Waals surface area contributed by atoms with E-state index in [9.17, 15) is 0 Å². The van der Waals surface area contributed by atoms with Crippen LogP contribution in [-0.2, 0) is 4.74 Å². The fourth-order valence-corrected chi connectivity index (χ4v) is 2.22. The Balaban J connectivity index is 2.92. The van der Waals surface area contributed by atoms with Crippen LogP contribution in [0.2, 0.25) is 0 Å². The topological polar surface area (TPSA) is 21.3 Å². The Bertz CT molecular complexity index is 320. The van der Waals surface area contributed by atoms with E-state index in [0.29, 0.717) is 6.04 Å². The van der Waals surface area contributed by atoms with Gasteiger partial charge in [-0.05, 0) is 37.4 Å². The number of hydrogen-bond acceptors (Lipinski definition) is 2. The van der Waals surface area contributed by atoms with E-state index >= 15 is 0 Å². The molecule has 2 nitrogen and oxygen atoms in total.